The number of aryl methyl sites for hydroxylation is 1. The van der Waals surface area contributed by atoms with E-state index in [1.807, 2.05) is 6.92 Å². The summed E-state index contributed by atoms with van der Waals surface area (Å²) in [7, 11) is 0. The number of pyridine rings is 1. The summed E-state index contributed by atoms with van der Waals surface area (Å²) in [6.45, 7) is 1.86. The SMILES string of the molecule is Cc1cnc(Cl)c(C=CC(=O)O)c1. The van der Waals surface area contributed by atoms with Gasteiger partial charge in [-0.2, -0.15) is 0 Å². The van der Waals surface area contributed by atoms with Crippen molar-refractivity contribution in [3.63, 3.8) is 0 Å². The average molecular weight is 198 g/mol. The zero-order valence-corrected chi connectivity index (χ0v) is 7.75. The number of rotatable bonds is 2. The molecule has 0 fully saturated rings. The summed E-state index contributed by atoms with van der Waals surface area (Å²) >= 11 is 5.72. The van der Waals surface area contributed by atoms with Gasteiger partial charge in [0.1, 0.15) is 5.15 Å². The summed E-state index contributed by atoms with van der Waals surface area (Å²) in [6.07, 6.45) is 4.08. The molecule has 1 N–H and O–H groups in total. The Bertz CT molecular complexity index is 361. The quantitative estimate of drug-likeness (QED) is 0.584. The third-order valence-electron chi connectivity index (χ3n) is 1.41. The van der Waals surface area contributed by atoms with E-state index < -0.39 is 5.97 Å². The predicted octanol–water partition coefficient (Wildman–Crippen LogP) is 2.14. The number of nitrogens with zero attached hydrogens (tertiary/aromatic N) is 1. The third-order valence-corrected chi connectivity index (χ3v) is 1.72. The molecular weight excluding hydrogens is 190 g/mol. The molecule has 3 nitrogen and oxygen atoms in total. The summed E-state index contributed by atoms with van der Waals surface area (Å²) in [5.74, 6) is -1.00. The van der Waals surface area contributed by atoms with Crippen molar-refractivity contribution in [2.75, 3.05) is 0 Å². The molecule has 1 heterocycles. The van der Waals surface area contributed by atoms with Gasteiger partial charge in [0.05, 0.1) is 0 Å². The van der Waals surface area contributed by atoms with Crippen molar-refractivity contribution in [1.82, 2.24) is 4.98 Å². The minimum Gasteiger partial charge on any atom is -0.478 e. The number of hydrogen-bond donors (Lipinski definition) is 1. The van der Waals surface area contributed by atoms with Gasteiger partial charge in [0.25, 0.3) is 0 Å². The van der Waals surface area contributed by atoms with Crippen molar-refractivity contribution in [3.05, 3.63) is 34.6 Å². The van der Waals surface area contributed by atoms with Crippen LogP contribution in [0, 0.1) is 6.92 Å². The van der Waals surface area contributed by atoms with E-state index in [1.54, 1.807) is 12.3 Å². The Balaban J connectivity index is 3.00. The van der Waals surface area contributed by atoms with Gasteiger partial charge in [-0.05, 0) is 24.6 Å². The lowest BCUT2D eigenvalue weighted by Gasteiger charge is -1.97. The van der Waals surface area contributed by atoms with Crippen molar-refractivity contribution < 1.29 is 9.90 Å². The van der Waals surface area contributed by atoms with Crippen LogP contribution in [0.3, 0.4) is 0 Å². The molecule has 1 rings (SSSR count). The van der Waals surface area contributed by atoms with Gasteiger partial charge in [-0.15, -0.1) is 0 Å². The molecule has 0 bridgehead atoms. The summed E-state index contributed by atoms with van der Waals surface area (Å²) in [5.41, 5.74) is 1.55. The van der Waals surface area contributed by atoms with Gasteiger partial charge in [-0.25, -0.2) is 9.78 Å². The molecule has 0 spiro atoms. The first kappa shape index (κ1) is 9.74. The second kappa shape index (κ2) is 4.05. The van der Waals surface area contributed by atoms with Gasteiger partial charge in [-0.1, -0.05) is 11.6 Å². The number of aromatic nitrogens is 1. The van der Waals surface area contributed by atoms with E-state index in [0.717, 1.165) is 11.6 Å². The number of carbonyl (C=O) groups is 1. The van der Waals surface area contributed by atoms with Crippen LogP contribution >= 0.6 is 11.6 Å². The second-order valence-corrected chi connectivity index (χ2v) is 2.92. The lowest BCUT2D eigenvalue weighted by atomic mass is 10.2. The fraction of sp³-hybridized carbons (Fsp3) is 0.111. The highest BCUT2D eigenvalue weighted by atomic mass is 35.5. The van der Waals surface area contributed by atoms with Crippen molar-refractivity contribution in [1.29, 1.82) is 0 Å². The third kappa shape index (κ3) is 2.87. The summed E-state index contributed by atoms with van der Waals surface area (Å²) in [4.78, 5) is 14.1. The molecule has 68 valence electrons. The van der Waals surface area contributed by atoms with Crippen LogP contribution in [0.4, 0.5) is 0 Å². The summed E-state index contributed by atoms with van der Waals surface area (Å²) < 4.78 is 0. The Hall–Kier alpha value is -1.35. The Kier molecular flexibility index (Phi) is 3.03. The van der Waals surface area contributed by atoms with Crippen molar-refractivity contribution in [2.24, 2.45) is 0 Å². The molecule has 4 heteroatoms. The Morgan fingerprint density at radius 2 is 2.38 bits per heavy atom. The van der Waals surface area contributed by atoms with Gasteiger partial charge in [0.2, 0.25) is 0 Å². The molecule has 0 aliphatic heterocycles. The highest BCUT2D eigenvalue weighted by molar-refractivity contribution is 6.30. The minimum absolute atomic E-state index is 0.308. The molecule has 0 atom stereocenters. The molecular formula is C9H8ClNO2. The van der Waals surface area contributed by atoms with Gasteiger partial charge < -0.3 is 5.11 Å². The Morgan fingerprint density at radius 1 is 1.69 bits per heavy atom. The Morgan fingerprint density at radius 3 is 3.00 bits per heavy atom. The molecule has 13 heavy (non-hydrogen) atoms. The largest absolute Gasteiger partial charge is 0.478 e. The standard InChI is InChI=1S/C9H8ClNO2/c1-6-4-7(2-3-8(12)13)9(10)11-5-6/h2-5H,1H3,(H,12,13). The number of halogens is 1. The molecule has 0 aliphatic carbocycles. The van der Waals surface area contributed by atoms with Crippen LogP contribution in [0.5, 0.6) is 0 Å². The molecule has 1 aromatic rings. The molecule has 0 unspecified atom stereocenters. The van der Waals surface area contributed by atoms with Crippen molar-refractivity contribution in [2.45, 2.75) is 6.92 Å². The fourth-order valence-electron chi connectivity index (χ4n) is 0.853. The average Bonchev–Trinajstić information content (AvgIpc) is 2.06. The minimum atomic E-state index is -1.00. The summed E-state index contributed by atoms with van der Waals surface area (Å²) in [5, 5.41) is 8.69. The molecule has 1 aromatic heterocycles. The lowest BCUT2D eigenvalue weighted by Crippen LogP contribution is -1.88. The van der Waals surface area contributed by atoms with Crippen LogP contribution in [0.2, 0.25) is 5.15 Å². The van der Waals surface area contributed by atoms with Crippen LogP contribution in [-0.4, -0.2) is 16.1 Å². The number of hydrogen-bond acceptors (Lipinski definition) is 2. The lowest BCUT2D eigenvalue weighted by molar-refractivity contribution is -0.131. The zero-order chi connectivity index (χ0) is 9.84. The van der Waals surface area contributed by atoms with Crippen LogP contribution < -0.4 is 0 Å². The maximum Gasteiger partial charge on any atom is 0.328 e. The van der Waals surface area contributed by atoms with E-state index in [1.165, 1.54) is 6.08 Å². The van der Waals surface area contributed by atoms with E-state index >= 15 is 0 Å². The molecule has 0 saturated carbocycles. The first-order valence-electron chi connectivity index (χ1n) is 3.63. The number of carboxylic acids is 1. The van der Waals surface area contributed by atoms with E-state index in [9.17, 15) is 4.79 Å². The number of carboxylic acid groups (broad SMARTS) is 1. The van der Waals surface area contributed by atoms with Crippen molar-refractivity contribution >= 4 is 23.6 Å². The van der Waals surface area contributed by atoms with Gasteiger partial charge in [0, 0.05) is 17.8 Å². The van der Waals surface area contributed by atoms with E-state index in [2.05, 4.69) is 4.98 Å². The molecule has 0 radical (unpaired) electrons. The van der Waals surface area contributed by atoms with E-state index in [-0.39, 0.29) is 0 Å². The topological polar surface area (TPSA) is 50.2 Å². The summed E-state index contributed by atoms with van der Waals surface area (Å²) in [6, 6.07) is 1.77. The van der Waals surface area contributed by atoms with Crippen LogP contribution in [0.1, 0.15) is 11.1 Å². The predicted molar refractivity (Wildman–Crippen MR) is 50.7 cm³/mol. The second-order valence-electron chi connectivity index (χ2n) is 2.56. The maximum atomic E-state index is 10.2. The van der Waals surface area contributed by atoms with Crippen LogP contribution in [-0.2, 0) is 4.79 Å². The molecule has 0 amide bonds. The Labute approximate surface area is 80.7 Å². The smallest absolute Gasteiger partial charge is 0.328 e. The molecule has 0 saturated heterocycles. The van der Waals surface area contributed by atoms with Crippen molar-refractivity contribution in [3.8, 4) is 0 Å². The van der Waals surface area contributed by atoms with Gasteiger partial charge in [0.15, 0.2) is 0 Å². The highest BCUT2D eigenvalue weighted by Gasteiger charge is 1.98. The monoisotopic (exact) mass is 197 g/mol. The van der Waals surface area contributed by atoms with E-state index in [4.69, 9.17) is 16.7 Å². The van der Waals surface area contributed by atoms with Gasteiger partial charge in [-0.3, -0.25) is 0 Å². The van der Waals surface area contributed by atoms with E-state index in [0.29, 0.717) is 10.7 Å². The first-order chi connectivity index (χ1) is 6.09. The molecule has 0 aliphatic rings. The molecule has 0 aromatic carbocycles. The first-order valence-corrected chi connectivity index (χ1v) is 4.00. The highest BCUT2D eigenvalue weighted by Crippen LogP contribution is 2.15. The maximum absolute atomic E-state index is 10.2. The van der Waals surface area contributed by atoms with Crippen LogP contribution in [0.15, 0.2) is 18.3 Å². The number of aliphatic carboxylic acids is 1. The normalized spacial score (nSPS) is 10.6. The fourth-order valence-corrected chi connectivity index (χ4v) is 1.02. The zero-order valence-electron chi connectivity index (χ0n) is 6.99. The van der Waals surface area contributed by atoms with Gasteiger partial charge >= 0.3 is 5.97 Å². The van der Waals surface area contributed by atoms with Crippen LogP contribution in [0.25, 0.3) is 6.08 Å².